The van der Waals surface area contributed by atoms with Gasteiger partial charge in [0.1, 0.15) is 0 Å². The summed E-state index contributed by atoms with van der Waals surface area (Å²) in [4.78, 5) is 0. The van der Waals surface area contributed by atoms with Crippen molar-refractivity contribution in [3.63, 3.8) is 0 Å². The Kier molecular flexibility index (Phi) is 3.44. The molecule has 0 spiro atoms. The lowest BCUT2D eigenvalue weighted by Gasteiger charge is -2.06. The van der Waals surface area contributed by atoms with E-state index in [-0.39, 0.29) is 5.25 Å². The maximum Gasteiger partial charge on any atom is 0.0477 e. The zero-order valence-corrected chi connectivity index (χ0v) is 5.76. The molecule has 1 unspecified atom stereocenters. The molecule has 0 N–H and O–H groups in total. The van der Waals surface area contributed by atoms with Gasteiger partial charge in [0.15, 0.2) is 0 Å². The van der Waals surface area contributed by atoms with Crippen LogP contribution in [0.4, 0.5) is 3.89 Å². The second kappa shape index (κ2) is 3.30. The Bertz CT molecular complexity index is 45.3. The normalized spacial score (nSPS) is 15.0. The summed E-state index contributed by atoms with van der Waals surface area (Å²) in [5.41, 5.74) is 0. The maximum atomic E-state index is 11.6. The summed E-state index contributed by atoms with van der Waals surface area (Å²) in [5, 5.41) is 0.153. The second-order valence-electron chi connectivity index (χ2n) is 2.04. The van der Waals surface area contributed by atoms with Gasteiger partial charge in [-0.3, -0.25) is 0 Å². The van der Waals surface area contributed by atoms with Gasteiger partial charge in [0.05, 0.1) is 0 Å². The summed E-state index contributed by atoms with van der Waals surface area (Å²) in [7, 11) is 0. The molecule has 1 atom stereocenters. The van der Waals surface area contributed by atoms with E-state index in [0.717, 1.165) is 0 Å². The third-order valence-electron chi connectivity index (χ3n) is 1.08. The molecule has 0 aromatic carbocycles. The van der Waals surface area contributed by atoms with Crippen LogP contribution in [0.2, 0.25) is 0 Å². The van der Waals surface area contributed by atoms with Gasteiger partial charge in [0.2, 0.25) is 0 Å². The molecule has 0 saturated carbocycles. The van der Waals surface area contributed by atoms with E-state index < -0.39 is 0 Å². The molecule has 0 aliphatic rings. The molecule has 0 aromatic heterocycles. The molecule has 0 aromatic rings. The Labute approximate surface area is 48.8 Å². The average Bonchev–Trinajstić information content (AvgIpc) is 1.65. The average molecular weight is 122 g/mol. The van der Waals surface area contributed by atoms with E-state index in [2.05, 4.69) is 0 Å². The molecule has 0 saturated heterocycles. The fourth-order valence-electron chi connectivity index (χ4n) is 0.103. The molecular weight excluding hydrogens is 111 g/mol. The van der Waals surface area contributed by atoms with Crippen LogP contribution >= 0.6 is 12.1 Å². The fourth-order valence-corrected chi connectivity index (χ4v) is 0.309. The van der Waals surface area contributed by atoms with Crippen molar-refractivity contribution in [1.82, 2.24) is 0 Å². The molecule has 0 radical (unpaired) electrons. The van der Waals surface area contributed by atoms with Gasteiger partial charge in [-0.15, -0.1) is 0 Å². The van der Waals surface area contributed by atoms with Gasteiger partial charge in [0, 0.05) is 17.4 Å². The Balaban J connectivity index is 3.14. The van der Waals surface area contributed by atoms with Gasteiger partial charge >= 0.3 is 0 Å². The summed E-state index contributed by atoms with van der Waals surface area (Å²) in [6, 6.07) is 0. The third kappa shape index (κ3) is 2.92. The lowest BCUT2D eigenvalue weighted by molar-refractivity contribution is 0.631. The SMILES string of the molecule is CC(C)C(C)SF. The number of rotatable bonds is 2. The highest BCUT2D eigenvalue weighted by atomic mass is 32.2. The lowest BCUT2D eigenvalue weighted by Crippen LogP contribution is -2.02. The molecule has 44 valence electrons. The molecule has 0 aliphatic carbocycles. The van der Waals surface area contributed by atoms with Crippen LogP contribution in [0.15, 0.2) is 0 Å². The van der Waals surface area contributed by atoms with Crippen molar-refractivity contribution < 1.29 is 3.89 Å². The highest BCUT2D eigenvalue weighted by molar-refractivity contribution is 7.94. The lowest BCUT2D eigenvalue weighted by atomic mass is 10.2. The van der Waals surface area contributed by atoms with Gasteiger partial charge in [-0.25, -0.2) is 0 Å². The Hall–Kier alpha value is 0.280. The Morgan fingerprint density at radius 2 is 1.71 bits per heavy atom. The molecule has 0 bridgehead atoms. The van der Waals surface area contributed by atoms with Gasteiger partial charge < -0.3 is 0 Å². The zero-order valence-electron chi connectivity index (χ0n) is 4.94. The standard InChI is InChI=1S/C5H11FS/c1-4(2)5(3)7-6/h4-5H,1-3H3. The van der Waals surface area contributed by atoms with Crippen molar-refractivity contribution in [3.8, 4) is 0 Å². The first-order valence-corrected chi connectivity index (χ1v) is 3.24. The minimum atomic E-state index is 0.153. The summed E-state index contributed by atoms with van der Waals surface area (Å²) >= 11 is 0.433. The molecule has 0 heterocycles. The summed E-state index contributed by atoms with van der Waals surface area (Å²) < 4.78 is 11.6. The molecule has 7 heavy (non-hydrogen) atoms. The van der Waals surface area contributed by atoms with Crippen molar-refractivity contribution in [2.24, 2.45) is 5.92 Å². The summed E-state index contributed by atoms with van der Waals surface area (Å²) in [6.45, 7) is 5.91. The van der Waals surface area contributed by atoms with Crippen molar-refractivity contribution in [3.05, 3.63) is 0 Å². The van der Waals surface area contributed by atoms with Gasteiger partial charge in [-0.1, -0.05) is 20.8 Å². The topological polar surface area (TPSA) is 0 Å². The van der Waals surface area contributed by atoms with E-state index in [1.54, 1.807) is 0 Å². The largest absolute Gasteiger partial charge is 0.165 e. The van der Waals surface area contributed by atoms with Crippen molar-refractivity contribution in [2.75, 3.05) is 0 Å². The van der Waals surface area contributed by atoms with Crippen LogP contribution < -0.4 is 0 Å². The first kappa shape index (κ1) is 7.28. The summed E-state index contributed by atoms with van der Waals surface area (Å²) in [6.07, 6.45) is 0. The number of halogens is 1. The van der Waals surface area contributed by atoms with E-state index in [0.29, 0.717) is 18.1 Å². The number of hydrogen-bond donors (Lipinski definition) is 0. The van der Waals surface area contributed by atoms with Crippen molar-refractivity contribution >= 4 is 12.1 Å². The molecule has 0 amide bonds. The fraction of sp³-hybridized carbons (Fsp3) is 1.00. The molecular formula is C5H11FS. The monoisotopic (exact) mass is 122 g/mol. The van der Waals surface area contributed by atoms with E-state index in [1.165, 1.54) is 0 Å². The maximum absolute atomic E-state index is 11.6. The molecule has 0 fully saturated rings. The van der Waals surface area contributed by atoms with Crippen LogP contribution in [-0.2, 0) is 0 Å². The minimum Gasteiger partial charge on any atom is -0.165 e. The molecule has 2 heteroatoms. The molecule has 0 nitrogen and oxygen atoms in total. The van der Waals surface area contributed by atoms with Crippen LogP contribution in [0.1, 0.15) is 20.8 Å². The first-order chi connectivity index (χ1) is 3.18. The van der Waals surface area contributed by atoms with Gasteiger partial charge in [0.25, 0.3) is 0 Å². The van der Waals surface area contributed by atoms with Crippen LogP contribution in [0.5, 0.6) is 0 Å². The van der Waals surface area contributed by atoms with Crippen LogP contribution in [0.25, 0.3) is 0 Å². The highest BCUT2D eigenvalue weighted by Gasteiger charge is 2.05. The molecule has 0 aliphatic heterocycles. The van der Waals surface area contributed by atoms with Crippen molar-refractivity contribution in [2.45, 2.75) is 26.0 Å². The van der Waals surface area contributed by atoms with E-state index in [9.17, 15) is 3.89 Å². The zero-order chi connectivity index (χ0) is 5.86. The summed E-state index contributed by atoms with van der Waals surface area (Å²) in [5.74, 6) is 0.454. The minimum absolute atomic E-state index is 0.153. The number of hydrogen-bond acceptors (Lipinski definition) is 1. The Morgan fingerprint density at radius 1 is 1.29 bits per heavy atom. The van der Waals surface area contributed by atoms with E-state index in [4.69, 9.17) is 0 Å². The van der Waals surface area contributed by atoms with E-state index in [1.807, 2.05) is 20.8 Å². The second-order valence-corrected chi connectivity index (χ2v) is 2.96. The highest BCUT2D eigenvalue weighted by Crippen LogP contribution is 2.18. The first-order valence-electron chi connectivity index (χ1n) is 2.46. The van der Waals surface area contributed by atoms with Crippen LogP contribution in [-0.4, -0.2) is 5.25 Å². The smallest absolute Gasteiger partial charge is 0.0477 e. The third-order valence-corrected chi connectivity index (χ3v) is 1.90. The Morgan fingerprint density at radius 3 is 1.71 bits per heavy atom. The van der Waals surface area contributed by atoms with Gasteiger partial charge in [-0.05, 0) is 5.92 Å². The van der Waals surface area contributed by atoms with Crippen molar-refractivity contribution in [1.29, 1.82) is 0 Å². The van der Waals surface area contributed by atoms with Crippen LogP contribution in [0.3, 0.4) is 0 Å². The molecule has 0 rings (SSSR count). The van der Waals surface area contributed by atoms with E-state index >= 15 is 0 Å². The predicted octanol–water partition coefficient (Wildman–Crippen LogP) is 2.65. The van der Waals surface area contributed by atoms with Crippen LogP contribution in [0, 0.1) is 5.92 Å². The van der Waals surface area contributed by atoms with Gasteiger partial charge in [-0.2, -0.15) is 3.89 Å². The predicted molar refractivity (Wildman–Crippen MR) is 33.0 cm³/mol. The quantitative estimate of drug-likeness (QED) is 0.542.